The van der Waals surface area contributed by atoms with Gasteiger partial charge < -0.3 is 10.0 Å². The Kier molecular flexibility index (Phi) is 3.70. The van der Waals surface area contributed by atoms with E-state index in [1.807, 2.05) is 0 Å². The quantitative estimate of drug-likeness (QED) is 0.881. The lowest BCUT2D eigenvalue weighted by molar-refractivity contribution is -0.176. The summed E-state index contributed by atoms with van der Waals surface area (Å²) in [5.74, 6) is -1.02. The van der Waals surface area contributed by atoms with Crippen molar-refractivity contribution < 1.29 is 18.3 Å². The molecule has 0 aromatic carbocycles. The van der Waals surface area contributed by atoms with Gasteiger partial charge in [-0.25, -0.2) is 9.97 Å². The van der Waals surface area contributed by atoms with Crippen LogP contribution in [0.15, 0.2) is 12.4 Å². The number of rotatable bonds is 2. The molecule has 1 aliphatic heterocycles. The van der Waals surface area contributed by atoms with Crippen LogP contribution in [-0.2, 0) is 6.61 Å². The summed E-state index contributed by atoms with van der Waals surface area (Å²) in [4.78, 5) is 9.50. The van der Waals surface area contributed by atoms with Crippen molar-refractivity contribution in [2.24, 2.45) is 5.92 Å². The topological polar surface area (TPSA) is 49.3 Å². The molecule has 0 spiro atoms. The molecule has 1 fully saturated rings. The van der Waals surface area contributed by atoms with E-state index in [1.54, 1.807) is 4.90 Å². The SMILES string of the molecule is OCc1cnc(N2CCCC(C(F)(F)F)C2)nc1. The van der Waals surface area contributed by atoms with Crippen molar-refractivity contribution in [3.05, 3.63) is 18.0 Å². The van der Waals surface area contributed by atoms with E-state index in [1.165, 1.54) is 12.4 Å². The Morgan fingerprint density at radius 3 is 2.56 bits per heavy atom. The number of nitrogens with zero attached hydrogens (tertiary/aromatic N) is 3. The number of anilines is 1. The normalized spacial score (nSPS) is 21.1. The zero-order valence-corrected chi connectivity index (χ0v) is 9.69. The van der Waals surface area contributed by atoms with Gasteiger partial charge in [-0.1, -0.05) is 0 Å². The molecule has 0 amide bonds. The fourth-order valence-electron chi connectivity index (χ4n) is 2.02. The number of aliphatic hydroxyl groups excluding tert-OH is 1. The predicted octanol–water partition coefficient (Wildman–Crippen LogP) is 1.75. The largest absolute Gasteiger partial charge is 0.393 e. The van der Waals surface area contributed by atoms with Crippen molar-refractivity contribution in [3.63, 3.8) is 0 Å². The summed E-state index contributed by atoms with van der Waals surface area (Å²) >= 11 is 0. The summed E-state index contributed by atoms with van der Waals surface area (Å²) in [6, 6.07) is 0. The van der Waals surface area contributed by atoms with Crippen LogP contribution in [0.4, 0.5) is 19.1 Å². The third-order valence-electron chi connectivity index (χ3n) is 3.04. The van der Waals surface area contributed by atoms with Crippen molar-refractivity contribution >= 4 is 5.95 Å². The van der Waals surface area contributed by atoms with Crippen LogP contribution in [0.5, 0.6) is 0 Å². The molecule has 0 bridgehead atoms. The van der Waals surface area contributed by atoms with Crippen molar-refractivity contribution in [1.82, 2.24) is 9.97 Å². The molecule has 1 atom stereocenters. The molecule has 1 N–H and O–H groups in total. The van der Waals surface area contributed by atoms with Crippen molar-refractivity contribution in [1.29, 1.82) is 0 Å². The first-order valence-corrected chi connectivity index (χ1v) is 5.74. The second kappa shape index (κ2) is 5.09. The molecule has 2 rings (SSSR count). The minimum Gasteiger partial charge on any atom is -0.392 e. The Morgan fingerprint density at radius 1 is 1.33 bits per heavy atom. The van der Waals surface area contributed by atoms with Gasteiger partial charge in [0.2, 0.25) is 5.95 Å². The maximum atomic E-state index is 12.6. The molecule has 1 saturated heterocycles. The maximum Gasteiger partial charge on any atom is 0.393 e. The first kappa shape index (κ1) is 13.1. The van der Waals surface area contributed by atoms with Gasteiger partial charge >= 0.3 is 6.18 Å². The lowest BCUT2D eigenvalue weighted by Crippen LogP contribution is -2.42. The molecule has 100 valence electrons. The number of aliphatic hydroxyl groups is 1. The molecule has 18 heavy (non-hydrogen) atoms. The minimum atomic E-state index is -4.16. The zero-order valence-electron chi connectivity index (χ0n) is 9.69. The van der Waals surface area contributed by atoms with E-state index in [4.69, 9.17) is 5.11 Å². The van der Waals surface area contributed by atoms with Gasteiger partial charge in [-0.2, -0.15) is 13.2 Å². The summed E-state index contributed by atoms with van der Waals surface area (Å²) in [7, 11) is 0. The van der Waals surface area contributed by atoms with Crippen molar-refractivity contribution in [3.8, 4) is 0 Å². The number of aromatic nitrogens is 2. The van der Waals surface area contributed by atoms with E-state index >= 15 is 0 Å². The second-order valence-corrected chi connectivity index (χ2v) is 4.38. The van der Waals surface area contributed by atoms with Gasteiger partial charge in [0.25, 0.3) is 0 Å². The summed E-state index contributed by atoms with van der Waals surface area (Å²) in [6.07, 6.45) is -0.660. The van der Waals surface area contributed by atoms with Crippen LogP contribution >= 0.6 is 0 Å². The Balaban J connectivity index is 2.08. The van der Waals surface area contributed by atoms with Crippen LogP contribution < -0.4 is 4.90 Å². The highest BCUT2D eigenvalue weighted by atomic mass is 19.4. The van der Waals surface area contributed by atoms with Gasteiger partial charge in [0.05, 0.1) is 12.5 Å². The number of hydrogen-bond acceptors (Lipinski definition) is 4. The highest BCUT2D eigenvalue weighted by molar-refractivity contribution is 5.30. The van der Waals surface area contributed by atoms with E-state index in [0.717, 1.165) is 0 Å². The van der Waals surface area contributed by atoms with Gasteiger partial charge in [0.1, 0.15) is 0 Å². The van der Waals surface area contributed by atoms with E-state index in [9.17, 15) is 13.2 Å². The summed E-state index contributed by atoms with van der Waals surface area (Å²) in [6.45, 7) is 0.262. The van der Waals surface area contributed by atoms with Crippen LogP contribution in [0.1, 0.15) is 18.4 Å². The predicted molar refractivity (Wildman–Crippen MR) is 58.9 cm³/mol. The van der Waals surface area contributed by atoms with Crippen molar-refractivity contribution in [2.75, 3.05) is 18.0 Å². The Labute approximate surface area is 102 Å². The first-order valence-electron chi connectivity index (χ1n) is 5.74. The molecular weight excluding hydrogens is 247 g/mol. The van der Waals surface area contributed by atoms with E-state index in [0.29, 0.717) is 24.5 Å². The summed E-state index contributed by atoms with van der Waals surface area (Å²) < 4.78 is 37.9. The van der Waals surface area contributed by atoms with E-state index in [2.05, 4.69) is 9.97 Å². The van der Waals surface area contributed by atoms with E-state index < -0.39 is 12.1 Å². The Bertz CT molecular complexity index is 394. The standard InChI is InChI=1S/C11H14F3N3O/c12-11(13,14)9-2-1-3-17(6-9)10-15-4-8(7-18)5-16-10/h4-5,9,18H,1-3,6-7H2. The summed E-state index contributed by atoms with van der Waals surface area (Å²) in [5, 5.41) is 8.85. The van der Waals surface area contributed by atoms with Crippen LogP contribution in [-0.4, -0.2) is 34.3 Å². The van der Waals surface area contributed by atoms with Crippen LogP contribution in [0.3, 0.4) is 0 Å². The van der Waals surface area contributed by atoms with Gasteiger partial charge in [0.15, 0.2) is 0 Å². The fraction of sp³-hybridized carbons (Fsp3) is 0.636. The third kappa shape index (κ3) is 2.90. The molecule has 2 heterocycles. The third-order valence-corrected chi connectivity index (χ3v) is 3.04. The number of hydrogen-bond donors (Lipinski definition) is 1. The molecule has 1 aromatic rings. The molecule has 1 aliphatic rings. The summed E-state index contributed by atoms with van der Waals surface area (Å²) in [5.41, 5.74) is 0.545. The maximum absolute atomic E-state index is 12.6. The van der Waals surface area contributed by atoms with Gasteiger partial charge in [0, 0.05) is 31.0 Å². The first-order chi connectivity index (χ1) is 8.50. The molecule has 4 nitrogen and oxygen atoms in total. The molecule has 0 aliphatic carbocycles. The zero-order chi connectivity index (χ0) is 13.2. The van der Waals surface area contributed by atoms with Gasteiger partial charge in [-0.15, -0.1) is 0 Å². The van der Waals surface area contributed by atoms with Crippen LogP contribution in [0, 0.1) is 5.92 Å². The minimum absolute atomic E-state index is 0.0953. The highest BCUT2D eigenvalue weighted by Gasteiger charge is 2.42. The number of alkyl halides is 3. The second-order valence-electron chi connectivity index (χ2n) is 4.38. The molecule has 1 unspecified atom stereocenters. The monoisotopic (exact) mass is 261 g/mol. The molecule has 0 saturated carbocycles. The lowest BCUT2D eigenvalue weighted by Gasteiger charge is -2.33. The fourth-order valence-corrected chi connectivity index (χ4v) is 2.02. The van der Waals surface area contributed by atoms with E-state index in [-0.39, 0.29) is 19.6 Å². The average molecular weight is 261 g/mol. The lowest BCUT2D eigenvalue weighted by atomic mass is 9.98. The Hall–Kier alpha value is -1.37. The van der Waals surface area contributed by atoms with Crippen LogP contribution in [0.2, 0.25) is 0 Å². The molecule has 0 radical (unpaired) electrons. The van der Waals surface area contributed by atoms with Gasteiger partial charge in [-0.3, -0.25) is 0 Å². The molecule has 1 aromatic heterocycles. The number of halogens is 3. The van der Waals surface area contributed by atoms with Gasteiger partial charge in [-0.05, 0) is 12.8 Å². The molecular formula is C11H14F3N3O. The van der Waals surface area contributed by atoms with Crippen molar-refractivity contribution in [2.45, 2.75) is 25.6 Å². The Morgan fingerprint density at radius 2 is 2.00 bits per heavy atom. The molecule has 7 heteroatoms. The smallest absolute Gasteiger partial charge is 0.392 e. The number of piperidine rings is 1. The van der Waals surface area contributed by atoms with Crippen LogP contribution in [0.25, 0.3) is 0 Å². The highest BCUT2D eigenvalue weighted by Crippen LogP contribution is 2.33. The average Bonchev–Trinajstić information content (AvgIpc) is 2.38.